The third-order valence-electron chi connectivity index (χ3n) is 3.45. The molecule has 2 aliphatic carbocycles. The molecular weight excluding hydrogens is 186 g/mol. The molecule has 0 aromatic carbocycles. The molecule has 80 valence electrons. The maximum Gasteiger partial charge on any atom is 0.126 e. The predicted molar refractivity (Wildman–Crippen MR) is 60.9 cm³/mol. The van der Waals surface area contributed by atoms with Crippen LogP contribution in [0.25, 0.3) is 0 Å². The molecular formula is C12H17N3. The van der Waals surface area contributed by atoms with Crippen molar-refractivity contribution in [1.82, 2.24) is 4.98 Å². The van der Waals surface area contributed by atoms with E-state index in [0.717, 1.165) is 25.1 Å². The van der Waals surface area contributed by atoms with Crippen molar-refractivity contribution in [3.05, 3.63) is 23.4 Å². The van der Waals surface area contributed by atoms with Crippen LogP contribution in [0.1, 0.15) is 30.5 Å². The Labute approximate surface area is 90.1 Å². The Kier molecular flexibility index (Phi) is 2.13. The number of anilines is 1. The number of fused-ring (bicyclic) bond motifs is 1. The first-order valence-corrected chi connectivity index (χ1v) is 5.82. The van der Waals surface area contributed by atoms with Gasteiger partial charge >= 0.3 is 0 Å². The number of rotatable bonds is 2. The number of aromatic nitrogens is 1. The van der Waals surface area contributed by atoms with Gasteiger partial charge in [-0.15, -0.1) is 0 Å². The first-order valence-electron chi connectivity index (χ1n) is 5.82. The fraction of sp³-hybridized carbons (Fsp3) is 0.583. The number of hydrogen-bond acceptors (Lipinski definition) is 3. The Hall–Kier alpha value is -1.09. The molecule has 1 aromatic heterocycles. The van der Waals surface area contributed by atoms with E-state index in [-0.39, 0.29) is 0 Å². The van der Waals surface area contributed by atoms with E-state index in [1.165, 1.54) is 24.1 Å². The quantitative estimate of drug-likeness (QED) is 0.765. The zero-order valence-electron chi connectivity index (χ0n) is 8.87. The number of nitrogens with one attached hydrogen (secondary N) is 1. The third kappa shape index (κ3) is 1.72. The maximum atomic E-state index is 5.75. The summed E-state index contributed by atoms with van der Waals surface area (Å²) in [6.07, 6.45) is 5.78. The molecule has 3 nitrogen and oxygen atoms in total. The molecule has 2 aliphatic rings. The van der Waals surface area contributed by atoms with Gasteiger partial charge in [0.1, 0.15) is 5.82 Å². The molecule has 3 N–H and O–H groups in total. The Bertz CT molecular complexity index is 369. The van der Waals surface area contributed by atoms with Gasteiger partial charge in [0.05, 0.1) is 0 Å². The van der Waals surface area contributed by atoms with Crippen LogP contribution >= 0.6 is 0 Å². The molecule has 0 amide bonds. The SMILES string of the molecule is NC1CC(Nc2ccc3c(n2)CCC3)C1. The van der Waals surface area contributed by atoms with Crippen LogP contribution in [0.3, 0.4) is 0 Å². The van der Waals surface area contributed by atoms with Crippen LogP contribution in [-0.4, -0.2) is 17.1 Å². The van der Waals surface area contributed by atoms with Gasteiger partial charge in [0, 0.05) is 17.8 Å². The van der Waals surface area contributed by atoms with Crippen molar-refractivity contribution >= 4 is 5.82 Å². The Morgan fingerprint density at radius 3 is 2.93 bits per heavy atom. The number of pyridine rings is 1. The first kappa shape index (κ1) is 9.16. The fourth-order valence-corrected chi connectivity index (χ4v) is 2.49. The van der Waals surface area contributed by atoms with Gasteiger partial charge in [0.2, 0.25) is 0 Å². The van der Waals surface area contributed by atoms with Crippen molar-refractivity contribution in [3.63, 3.8) is 0 Å². The van der Waals surface area contributed by atoms with Crippen molar-refractivity contribution in [1.29, 1.82) is 0 Å². The van der Waals surface area contributed by atoms with Crippen molar-refractivity contribution in [2.45, 2.75) is 44.2 Å². The summed E-state index contributed by atoms with van der Waals surface area (Å²) < 4.78 is 0. The summed E-state index contributed by atoms with van der Waals surface area (Å²) in [6.45, 7) is 0. The van der Waals surface area contributed by atoms with Gasteiger partial charge in [0.25, 0.3) is 0 Å². The molecule has 15 heavy (non-hydrogen) atoms. The highest BCUT2D eigenvalue weighted by atomic mass is 15.0. The van der Waals surface area contributed by atoms with Crippen LogP contribution in [0.2, 0.25) is 0 Å². The molecule has 1 heterocycles. The first-order chi connectivity index (χ1) is 7.31. The highest BCUT2D eigenvalue weighted by Gasteiger charge is 2.26. The van der Waals surface area contributed by atoms with Gasteiger partial charge < -0.3 is 11.1 Å². The highest BCUT2D eigenvalue weighted by Crippen LogP contribution is 2.25. The van der Waals surface area contributed by atoms with Crippen molar-refractivity contribution in [3.8, 4) is 0 Å². The molecule has 0 radical (unpaired) electrons. The molecule has 3 heteroatoms. The molecule has 0 bridgehead atoms. The molecule has 1 fully saturated rings. The molecule has 1 saturated carbocycles. The summed E-state index contributed by atoms with van der Waals surface area (Å²) >= 11 is 0. The van der Waals surface area contributed by atoms with Crippen LogP contribution in [0.5, 0.6) is 0 Å². The van der Waals surface area contributed by atoms with Gasteiger partial charge in [0.15, 0.2) is 0 Å². The van der Waals surface area contributed by atoms with Crippen LogP contribution < -0.4 is 11.1 Å². The lowest BCUT2D eigenvalue weighted by molar-refractivity contribution is 0.373. The fourth-order valence-electron chi connectivity index (χ4n) is 2.49. The average Bonchev–Trinajstić information content (AvgIpc) is 2.62. The number of aryl methyl sites for hydroxylation is 2. The topological polar surface area (TPSA) is 50.9 Å². The van der Waals surface area contributed by atoms with E-state index in [1.807, 2.05) is 0 Å². The van der Waals surface area contributed by atoms with Gasteiger partial charge in [-0.3, -0.25) is 0 Å². The van der Waals surface area contributed by atoms with E-state index in [4.69, 9.17) is 5.73 Å². The monoisotopic (exact) mass is 203 g/mol. The second-order valence-corrected chi connectivity index (χ2v) is 4.73. The number of hydrogen-bond donors (Lipinski definition) is 2. The molecule has 0 aliphatic heterocycles. The third-order valence-corrected chi connectivity index (χ3v) is 3.45. The van der Waals surface area contributed by atoms with E-state index >= 15 is 0 Å². The zero-order valence-corrected chi connectivity index (χ0v) is 8.87. The lowest BCUT2D eigenvalue weighted by Crippen LogP contribution is -2.44. The lowest BCUT2D eigenvalue weighted by atomic mass is 9.88. The van der Waals surface area contributed by atoms with Gasteiger partial charge in [-0.2, -0.15) is 0 Å². The van der Waals surface area contributed by atoms with E-state index < -0.39 is 0 Å². The number of nitrogens with zero attached hydrogens (tertiary/aromatic N) is 1. The van der Waals surface area contributed by atoms with Gasteiger partial charge in [-0.05, 0) is 43.7 Å². The standard InChI is InChI=1S/C12H17N3/c13-9-6-10(7-9)14-12-5-4-8-2-1-3-11(8)15-12/h4-5,9-10H,1-3,6-7,13H2,(H,14,15). The van der Waals surface area contributed by atoms with Crippen LogP contribution in [0, 0.1) is 0 Å². The number of nitrogens with two attached hydrogens (primary N) is 1. The summed E-state index contributed by atoms with van der Waals surface area (Å²) in [5.74, 6) is 1.03. The minimum absolute atomic E-state index is 0.400. The van der Waals surface area contributed by atoms with Crippen molar-refractivity contribution < 1.29 is 0 Å². The van der Waals surface area contributed by atoms with E-state index in [9.17, 15) is 0 Å². The average molecular weight is 203 g/mol. The Morgan fingerprint density at radius 2 is 2.13 bits per heavy atom. The molecule has 0 unspecified atom stereocenters. The molecule has 0 saturated heterocycles. The largest absolute Gasteiger partial charge is 0.367 e. The molecule has 0 atom stereocenters. The van der Waals surface area contributed by atoms with E-state index in [0.29, 0.717) is 12.1 Å². The second kappa shape index (κ2) is 3.49. The van der Waals surface area contributed by atoms with Crippen LogP contribution in [0.15, 0.2) is 12.1 Å². The van der Waals surface area contributed by atoms with Gasteiger partial charge in [-0.1, -0.05) is 6.07 Å². The van der Waals surface area contributed by atoms with Crippen molar-refractivity contribution in [2.75, 3.05) is 5.32 Å². The van der Waals surface area contributed by atoms with Crippen LogP contribution in [0.4, 0.5) is 5.82 Å². The van der Waals surface area contributed by atoms with E-state index in [2.05, 4.69) is 22.4 Å². The Morgan fingerprint density at radius 1 is 1.27 bits per heavy atom. The normalized spacial score (nSPS) is 28.3. The minimum Gasteiger partial charge on any atom is -0.367 e. The highest BCUT2D eigenvalue weighted by molar-refractivity contribution is 5.41. The summed E-state index contributed by atoms with van der Waals surface area (Å²) in [5.41, 5.74) is 8.48. The summed E-state index contributed by atoms with van der Waals surface area (Å²) in [7, 11) is 0. The maximum absolute atomic E-state index is 5.75. The smallest absolute Gasteiger partial charge is 0.126 e. The molecule has 1 aromatic rings. The summed E-state index contributed by atoms with van der Waals surface area (Å²) in [5, 5.41) is 3.45. The second-order valence-electron chi connectivity index (χ2n) is 4.73. The molecule has 0 spiro atoms. The zero-order chi connectivity index (χ0) is 10.3. The molecule has 3 rings (SSSR count). The van der Waals surface area contributed by atoms with Crippen molar-refractivity contribution in [2.24, 2.45) is 5.73 Å². The predicted octanol–water partition coefficient (Wildman–Crippen LogP) is 1.47. The lowest BCUT2D eigenvalue weighted by Gasteiger charge is -2.33. The van der Waals surface area contributed by atoms with E-state index in [1.54, 1.807) is 0 Å². The summed E-state index contributed by atoms with van der Waals surface area (Å²) in [4.78, 5) is 4.65. The van der Waals surface area contributed by atoms with Gasteiger partial charge in [-0.25, -0.2) is 4.98 Å². The Balaban J connectivity index is 1.70. The van der Waals surface area contributed by atoms with Crippen LogP contribution in [-0.2, 0) is 12.8 Å². The minimum atomic E-state index is 0.400. The summed E-state index contributed by atoms with van der Waals surface area (Å²) in [6, 6.07) is 5.27.